The third-order valence-electron chi connectivity index (χ3n) is 0.877. The zero-order valence-electron chi connectivity index (χ0n) is 6.47. The Labute approximate surface area is 80.8 Å². The fraction of sp³-hybridized carbons (Fsp3) is 0.429. The molecule has 0 spiro atoms. The highest BCUT2D eigenvalue weighted by atomic mass is 35.5. The summed E-state index contributed by atoms with van der Waals surface area (Å²) in [5.41, 5.74) is 0. The van der Waals surface area contributed by atoms with E-state index in [1.54, 1.807) is 0 Å². The van der Waals surface area contributed by atoms with Crippen molar-refractivity contribution in [2.24, 2.45) is 0 Å². The van der Waals surface area contributed by atoms with Crippen LogP contribution in [0.4, 0.5) is 0 Å². The van der Waals surface area contributed by atoms with Crippen molar-refractivity contribution in [1.82, 2.24) is 5.32 Å². The number of nitrogens with one attached hydrogen (secondary N) is 1. The molecule has 5 heteroatoms. The fourth-order valence-corrected chi connectivity index (χ4v) is 0.983. The first-order valence-electron chi connectivity index (χ1n) is 3.21. The van der Waals surface area contributed by atoms with Crippen LogP contribution < -0.4 is 5.32 Å². The topological polar surface area (TPSA) is 52.9 Å². The SMILES string of the molecule is C=C(Cl)CNC(=O)CSCC#N. The Bertz CT molecular complexity index is 212. The minimum atomic E-state index is -0.128. The van der Waals surface area contributed by atoms with Crippen molar-refractivity contribution >= 4 is 29.3 Å². The summed E-state index contributed by atoms with van der Waals surface area (Å²) in [5, 5.41) is 11.1. The number of hydrogen-bond donors (Lipinski definition) is 1. The highest BCUT2D eigenvalue weighted by Gasteiger charge is 1.99. The Balaban J connectivity index is 3.35. The van der Waals surface area contributed by atoms with Gasteiger partial charge in [-0.25, -0.2) is 0 Å². The van der Waals surface area contributed by atoms with Crippen LogP contribution in [0.25, 0.3) is 0 Å². The zero-order valence-corrected chi connectivity index (χ0v) is 8.04. The number of halogens is 1. The standard InChI is InChI=1S/C7H9ClN2OS/c1-6(8)4-10-7(11)5-12-3-2-9/h1,3-5H2,(H,10,11). The normalized spacial score (nSPS) is 8.67. The van der Waals surface area contributed by atoms with Crippen molar-refractivity contribution in [3.05, 3.63) is 11.6 Å². The summed E-state index contributed by atoms with van der Waals surface area (Å²) in [6, 6.07) is 1.93. The molecule has 0 aromatic heterocycles. The van der Waals surface area contributed by atoms with Crippen molar-refractivity contribution in [3.63, 3.8) is 0 Å². The van der Waals surface area contributed by atoms with Crippen LogP contribution in [0.3, 0.4) is 0 Å². The number of nitriles is 1. The molecule has 12 heavy (non-hydrogen) atoms. The third-order valence-corrected chi connectivity index (χ3v) is 1.81. The van der Waals surface area contributed by atoms with Crippen LogP contribution in [0.2, 0.25) is 0 Å². The van der Waals surface area contributed by atoms with E-state index in [9.17, 15) is 4.79 Å². The van der Waals surface area contributed by atoms with Crippen LogP contribution in [0.15, 0.2) is 11.6 Å². The summed E-state index contributed by atoms with van der Waals surface area (Å²) in [4.78, 5) is 10.9. The van der Waals surface area contributed by atoms with E-state index in [1.807, 2.05) is 6.07 Å². The predicted octanol–water partition coefficient (Wildman–Crippen LogP) is 1.11. The summed E-state index contributed by atoms with van der Waals surface area (Å²) >= 11 is 6.68. The van der Waals surface area contributed by atoms with E-state index < -0.39 is 0 Å². The smallest absolute Gasteiger partial charge is 0.230 e. The summed E-state index contributed by atoms with van der Waals surface area (Å²) < 4.78 is 0. The fourth-order valence-electron chi connectivity index (χ4n) is 0.435. The van der Waals surface area contributed by atoms with Gasteiger partial charge in [0.15, 0.2) is 0 Å². The second kappa shape index (κ2) is 7.01. The van der Waals surface area contributed by atoms with Gasteiger partial charge >= 0.3 is 0 Å². The number of nitrogens with zero attached hydrogens (tertiary/aromatic N) is 1. The maximum atomic E-state index is 10.9. The monoisotopic (exact) mass is 204 g/mol. The van der Waals surface area contributed by atoms with Gasteiger partial charge in [0.25, 0.3) is 0 Å². The van der Waals surface area contributed by atoms with Gasteiger partial charge in [-0.1, -0.05) is 18.2 Å². The maximum absolute atomic E-state index is 10.9. The molecule has 0 unspecified atom stereocenters. The molecule has 1 amide bonds. The van der Waals surface area contributed by atoms with E-state index in [2.05, 4.69) is 11.9 Å². The van der Waals surface area contributed by atoms with Crippen molar-refractivity contribution < 1.29 is 4.79 Å². The van der Waals surface area contributed by atoms with Crippen LogP contribution in [0.5, 0.6) is 0 Å². The van der Waals surface area contributed by atoms with Crippen molar-refractivity contribution in [2.45, 2.75) is 0 Å². The van der Waals surface area contributed by atoms with E-state index in [0.29, 0.717) is 10.8 Å². The predicted molar refractivity (Wildman–Crippen MR) is 50.9 cm³/mol. The molecule has 0 heterocycles. The van der Waals surface area contributed by atoms with Gasteiger partial charge in [-0.3, -0.25) is 4.79 Å². The van der Waals surface area contributed by atoms with Crippen molar-refractivity contribution in [3.8, 4) is 6.07 Å². The molecule has 0 aliphatic carbocycles. The van der Waals surface area contributed by atoms with Crippen molar-refractivity contribution in [2.75, 3.05) is 18.1 Å². The van der Waals surface area contributed by atoms with Crippen LogP contribution in [-0.4, -0.2) is 24.0 Å². The number of thioether (sulfide) groups is 1. The van der Waals surface area contributed by atoms with Crippen LogP contribution in [0.1, 0.15) is 0 Å². The Morgan fingerprint density at radius 2 is 2.42 bits per heavy atom. The van der Waals surface area contributed by atoms with Gasteiger partial charge in [-0.2, -0.15) is 5.26 Å². The van der Waals surface area contributed by atoms with Gasteiger partial charge < -0.3 is 5.32 Å². The minimum Gasteiger partial charge on any atom is -0.350 e. The lowest BCUT2D eigenvalue weighted by molar-refractivity contribution is -0.118. The van der Waals surface area contributed by atoms with E-state index in [0.717, 1.165) is 0 Å². The Hall–Kier alpha value is -0.660. The maximum Gasteiger partial charge on any atom is 0.230 e. The van der Waals surface area contributed by atoms with Crippen LogP contribution in [0, 0.1) is 11.3 Å². The third kappa shape index (κ3) is 7.45. The lowest BCUT2D eigenvalue weighted by atomic mass is 10.6. The van der Waals surface area contributed by atoms with Crippen LogP contribution >= 0.6 is 23.4 Å². The molecule has 1 N–H and O–H groups in total. The Morgan fingerprint density at radius 1 is 1.75 bits per heavy atom. The lowest BCUT2D eigenvalue weighted by Crippen LogP contribution is -2.26. The van der Waals surface area contributed by atoms with E-state index in [-0.39, 0.29) is 18.2 Å². The first-order valence-corrected chi connectivity index (χ1v) is 4.74. The van der Waals surface area contributed by atoms with Crippen LogP contribution in [-0.2, 0) is 4.79 Å². The van der Waals surface area contributed by atoms with Crippen molar-refractivity contribution in [1.29, 1.82) is 5.26 Å². The lowest BCUT2D eigenvalue weighted by Gasteiger charge is -2.01. The van der Waals surface area contributed by atoms with Gasteiger partial charge in [-0.15, -0.1) is 11.8 Å². The molecule has 0 saturated heterocycles. The average molecular weight is 205 g/mol. The first-order chi connectivity index (χ1) is 5.66. The van der Waals surface area contributed by atoms with Gasteiger partial charge in [0, 0.05) is 5.03 Å². The molecule has 0 aliphatic rings. The average Bonchev–Trinajstić information content (AvgIpc) is 2.01. The Morgan fingerprint density at radius 3 is 2.92 bits per heavy atom. The molecule has 3 nitrogen and oxygen atoms in total. The summed E-state index contributed by atoms with van der Waals surface area (Å²) in [6.07, 6.45) is 0. The summed E-state index contributed by atoms with van der Waals surface area (Å²) in [6.45, 7) is 3.70. The quantitative estimate of drug-likeness (QED) is 0.683. The molecule has 0 aliphatic heterocycles. The minimum absolute atomic E-state index is 0.128. The first kappa shape index (κ1) is 11.3. The second-order valence-electron chi connectivity index (χ2n) is 1.94. The Kier molecular flexibility index (Phi) is 6.63. The molecule has 0 radical (unpaired) electrons. The van der Waals surface area contributed by atoms with Gasteiger partial charge in [0.1, 0.15) is 0 Å². The molecule has 0 atom stereocenters. The molecule has 0 fully saturated rings. The van der Waals surface area contributed by atoms with E-state index >= 15 is 0 Å². The summed E-state index contributed by atoms with van der Waals surface area (Å²) in [7, 11) is 0. The number of carbonyl (C=O) groups is 1. The largest absolute Gasteiger partial charge is 0.350 e. The molecule has 0 rings (SSSR count). The van der Waals surface area contributed by atoms with Gasteiger partial charge in [0.2, 0.25) is 5.91 Å². The summed E-state index contributed by atoms with van der Waals surface area (Å²) in [5.74, 6) is 0.490. The van der Waals surface area contributed by atoms with Gasteiger partial charge in [0.05, 0.1) is 24.1 Å². The molecule has 0 aromatic carbocycles. The van der Waals surface area contributed by atoms with E-state index in [4.69, 9.17) is 16.9 Å². The number of hydrogen-bond acceptors (Lipinski definition) is 3. The second-order valence-corrected chi connectivity index (χ2v) is 3.47. The molecule has 0 bridgehead atoms. The number of amides is 1. The van der Waals surface area contributed by atoms with Gasteiger partial charge in [-0.05, 0) is 0 Å². The molecular weight excluding hydrogens is 196 g/mol. The van der Waals surface area contributed by atoms with E-state index in [1.165, 1.54) is 11.8 Å². The molecule has 0 saturated carbocycles. The molecule has 0 aromatic rings. The highest BCUT2D eigenvalue weighted by molar-refractivity contribution is 8.00. The molecular formula is C7H9ClN2OS. The number of rotatable bonds is 5. The number of carbonyl (C=O) groups excluding carboxylic acids is 1. The molecule has 66 valence electrons. The highest BCUT2D eigenvalue weighted by Crippen LogP contribution is 1.97. The zero-order chi connectivity index (χ0) is 9.40.